The smallest absolute Gasteiger partial charge is 0.410 e. The molecule has 0 amide bonds. The number of esters is 1. The normalized spacial score (nSPS) is 11.4. The number of ether oxygens (including phenoxy) is 1. The number of hydrogen-bond acceptors (Lipinski definition) is 7. The lowest BCUT2D eigenvalue weighted by molar-refractivity contribution is -0.631. The highest BCUT2D eigenvalue weighted by atomic mass is 16.5. The van der Waals surface area contributed by atoms with Crippen LogP contribution in [0.4, 0.5) is 0 Å². The predicted molar refractivity (Wildman–Crippen MR) is 71.6 cm³/mol. The van der Waals surface area contributed by atoms with Crippen LogP contribution in [0.1, 0.15) is 16.2 Å². The summed E-state index contributed by atoms with van der Waals surface area (Å²) < 4.78 is 4.52. The van der Waals surface area contributed by atoms with Gasteiger partial charge in [0.1, 0.15) is 0 Å². The molecule has 0 aliphatic carbocycles. The van der Waals surface area contributed by atoms with E-state index in [0.717, 1.165) is 7.11 Å². The van der Waals surface area contributed by atoms with Gasteiger partial charge in [-0.25, -0.2) is 9.59 Å². The van der Waals surface area contributed by atoms with E-state index in [4.69, 9.17) is 5.84 Å². The van der Waals surface area contributed by atoms with Crippen molar-refractivity contribution in [2.45, 2.75) is 0 Å². The average molecular weight is 306 g/mol. The molecule has 0 saturated heterocycles. The fourth-order valence-electron chi connectivity index (χ4n) is 1.94. The van der Waals surface area contributed by atoms with E-state index in [1.54, 1.807) is 0 Å². The van der Waals surface area contributed by atoms with Crippen LogP contribution in [-0.4, -0.2) is 29.9 Å². The second-order valence-corrected chi connectivity index (χ2v) is 4.05. The van der Waals surface area contributed by atoms with Gasteiger partial charge in [0.25, 0.3) is 11.0 Å². The molecule has 0 aliphatic rings. The molecule has 10 nitrogen and oxygen atoms in total. The van der Waals surface area contributed by atoms with Crippen LogP contribution in [0.5, 0.6) is 0 Å². The van der Waals surface area contributed by atoms with Gasteiger partial charge in [-0.05, 0) is 0 Å². The first-order valence-electron chi connectivity index (χ1n) is 5.81. The highest BCUT2D eigenvalue weighted by Gasteiger charge is 2.40. The van der Waals surface area contributed by atoms with Crippen molar-refractivity contribution in [3.63, 3.8) is 0 Å². The summed E-state index contributed by atoms with van der Waals surface area (Å²) in [6.07, 6.45) is 0. The lowest BCUT2D eigenvalue weighted by atomic mass is 10.1. The van der Waals surface area contributed by atoms with Crippen molar-refractivity contribution in [2.24, 2.45) is 10.9 Å². The molecule has 22 heavy (non-hydrogen) atoms. The Morgan fingerprint density at radius 2 is 1.68 bits per heavy atom. The van der Waals surface area contributed by atoms with Gasteiger partial charge in [0, 0.05) is 12.1 Å². The Hall–Kier alpha value is -3.43. The van der Waals surface area contributed by atoms with Crippen molar-refractivity contribution in [2.75, 3.05) is 7.11 Å². The number of methoxy groups -OCH3 is 1. The number of benzene rings is 1. The number of rotatable bonds is 3. The predicted octanol–water partition coefficient (Wildman–Crippen LogP) is -1.36. The van der Waals surface area contributed by atoms with E-state index in [1.807, 2.05) is 0 Å². The number of carboxylic acids is 1. The van der Waals surface area contributed by atoms with Crippen LogP contribution in [0.2, 0.25) is 0 Å². The van der Waals surface area contributed by atoms with Crippen molar-refractivity contribution < 1.29 is 28.9 Å². The number of carbonyl (C=O) groups excluding carboxylic acids is 1. The minimum Gasteiger partial charge on any atom is -0.617 e. The van der Waals surface area contributed by atoms with Crippen molar-refractivity contribution in [3.05, 3.63) is 46.1 Å². The number of fused-ring (bicyclic) bond motifs is 1. The topological polar surface area (TPSA) is 156 Å². The minimum atomic E-state index is -1.72. The molecule has 1 aromatic carbocycles. The number of aromatic carboxylic acids is 1. The lowest BCUT2D eigenvalue weighted by Gasteiger charge is -2.11. The van der Waals surface area contributed by atoms with E-state index < -0.39 is 29.0 Å². The van der Waals surface area contributed by atoms with Crippen molar-refractivity contribution in [1.82, 2.24) is 0 Å². The molecule has 0 radical (unpaired) electrons. The highest BCUT2D eigenvalue weighted by Crippen LogP contribution is 2.11. The van der Waals surface area contributed by atoms with E-state index in [0.29, 0.717) is 0 Å². The summed E-state index contributed by atoms with van der Waals surface area (Å²) in [5.41, 5.74) is -2.88. The summed E-state index contributed by atoms with van der Waals surface area (Å²) in [5.74, 6) is 2.18. The molecule has 3 N–H and O–H groups in total. The van der Waals surface area contributed by atoms with Crippen molar-refractivity contribution in [3.8, 4) is 0 Å². The fourth-order valence-corrected chi connectivity index (χ4v) is 1.94. The molecule has 0 bridgehead atoms. The molecule has 1 aromatic heterocycles. The summed E-state index contributed by atoms with van der Waals surface area (Å²) in [4.78, 5) is 23.0. The molecular weight excluding hydrogens is 296 g/mol. The van der Waals surface area contributed by atoms with Gasteiger partial charge in [0.2, 0.25) is 5.71 Å². The van der Waals surface area contributed by atoms with Crippen LogP contribution in [0.25, 0.3) is 11.0 Å². The number of hydrogen-bond donors (Lipinski definition) is 2. The highest BCUT2D eigenvalue weighted by molar-refractivity contribution is 6.43. The van der Waals surface area contributed by atoms with Crippen molar-refractivity contribution >= 4 is 28.7 Å². The lowest BCUT2D eigenvalue weighted by Crippen LogP contribution is -2.50. The Labute approximate surface area is 122 Å². The third-order valence-corrected chi connectivity index (χ3v) is 2.88. The number of aromatic nitrogens is 2. The SMILES string of the molecule is COC(=O)/C(=N/N)c1c(C(=O)O)[n+]([O-])c2ccccc2[n+]1[O-]. The van der Waals surface area contributed by atoms with Gasteiger partial charge in [0.15, 0.2) is 0 Å². The monoisotopic (exact) mass is 306 g/mol. The van der Waals surface area contributed by atoms with Crippen molar-refractivity contribution in [1.29, 1.82) is 0 Å². The molecular formula is C12H10N4O6. The minimum absolute atomic E-state index is 0.0233. The molecule has 2 aromatic rings. The van der Waals surface area contributed by atoms with Crippen LogP contribution in [0, 0.1) is 10.4 Å². The fraction of sp³-hybridized carbons (Fsp3) is 0.0833. The molecule has 114 valence electrons. The number of para-hydroxylation sites is 2. The molecule has 2 rings (SSSR count). The number of hydrazone groups is 1. The number of carboxylic acid groups (broad SMARTS) is 1. The first kappa shape index (κ1) is 15.0. The summed E-state index contributed by atoms with van der Waals surface area (Å²) >= 11 is 0. The maximum atomic E-state index is 12.4. The van der Waals surface area contributed by atoms with Gasteiger partial charge in [-0.2, -0.15) is 9.83 Å². The third kappa shape index (κ3) is 2.12. The van der Waals surface area contributed by atoms with Crippen LogP contribution in [-0.2, 0) is 9.53 Å². The summed E-state index contributed by atoms with van der Waals surface area (Å²) in [5, 5.41) is 36.9. The molecule has 0 saturated carbocycles. The zero-order chi connectivity index (χ0) is 16.4. The largest absolute Gasteiger partial charge is 0.617 e. The first-order chi connectivity index (χ1) is 10.4. The van der Waals surface area contributed by atoms with Gasteiger partial charge in [-0.3, -0.25) is 0 Å². The zero-order valence-corrected chi connectivity index (χ0v) is 11.2. The number of nitrogens with two attached hydrogens (primary N) is 1. The molecule has 10 heteroatoms. The quantitative estimate of drug-likeness (QED) is 0.177. The standard InChI is InChI=1S/C12H10N4O6/c1-22-12(19)8(14-13)9-10(11(17)18)16(21)7-5-3-2-4-6(7)15(9)20/h2-5H,13H2,1H3,(H,17,18)/b14-8+. The Kier molecular flexibility index (Phi) is 3.75. The van der Waals surface area contributed by atoms with E-state index >= 15 is 0 Å². The van der Waals surface area contributed by atoms with Gasteiger partial charge in [0.05, 0.1) is 7.11 Å². The van der Waals surface area contributed by atoms with Crippen LogP contribution in [0.3, 0.4) is 0 Å². The average Bonchev–Trinajstić information content (AvgIpc) is 2.52. The second-order valence-electron chi connectivity index (χ2n) is 4.05. The van der Waals surface area contributed by atoms with Crippen LogP contribution >= 0.6 is 0 Å². The molecule has 0 atom stereocenters. The van der Waals surface area contributed by atoms with Gasteiger partial charge in [-0.15, -0.1) is 4.73 Å². The summed E-state index contributed by atoms with van der Waals surface area (Å²) in [6, 6.07) is 5.49. The van der Waals surface area contributed by atoms with E-state index in [9.17, 15) is 25.1 Å². The maximum absolute atomic E-state index is 12.4. The number of carbonyl (C=O) groups is 2. The summed E-state index contributed by atoms with van der Waals surface area (Å²) in [7, 11) is 0.995. The van der Waals surface area contributed by atoms with Gasteiger partial charge in [-0.1, -0.05) is 12.1 Å². The molecule has 0 unspecified atom stereocenters. The first-order valence-corrected chi connectivity index (χ1v) is 5.81. The van der Waals surface area contributed by atoms with Gasteiger partial charge < -0.3 is 26.1 Å². The van der Waals surface area contributed by atoms with Gasteiger partial charge >= 0.3 is 23.3 Å². The Morgan fingerprint density at radius 3 is 2.09 bits per heavy atom. The second kappa shape index (κ2) is 5.52. The Balaban J connectivity index is 3.00. The molecule has 0 aliphatic heterocycles. The molecule has 1 heterocycles. The van der Waals surface area contributed by atoms with E-state index in [-0.39, 0.29) is 20.5 Å². The summed E-state index contributed by atoms with van der Waals surface area (Å²) in [6.45, 7) is 0. The maximum Gasteiger partial charge on any atom is 0.410 e. The molecule has 0 spiro atoms. The van der Waals surface area contributed by atoms with Crippen LogP contribution < -0.4 is 15.3 Å². The molecule has 0 fully saturated rings. The third-order valence-electron chi connectivity index (χ3n) is 2.88. The Bertz CT molecular complexity index is 817. The zero-order valence-electron chi connectivity index (χ0n) is 11.2. The van der Waals surface area contributed by atoms with Crippen LogP contribution in [0.15, 0.2) is 29.4 Å². The number of nitrogens with zero attached hydrogens (tertiary/aromatic N) is 3. The van der Waals surface area contributed by atoms with E-state index in [2.05, 4.69) is 9.84 Å². The Morgan fingerprint density at radius 1 is 1.18 bits per heavy atom. The van der Waals surface area contributed by atoms with E-state index in [1.165, 1.54) is 24.3 Å².